The number of halogens is 3. The molecule has 0 radical (unpaired) electrons. The van der Waals surface area contributed by atoms with Crippen LogP contribution in [-0.2, 0) is 14.8 Å². The van der Waals surface area contributed by atoms with E-state index in [2.05, 4.69) is 20.7 Å². The topological polar surface area (TPSA) is 55.4 Å². The minimum absolute atomic E-state index is 0.0590. The molecule has 0 bridgehead atoms. The first kappa shape index (κ1) is 15.5. The third-order valence-electron chi connectivity index (χ3n) is 2.79. The first-order valence-electron chi connectivity index (χ1n) is 5.66. The van der Waals surface area contributed by atoms with Crippen molar-refractivity contribution in [3.05, 3.63) is 26.7 Å². The minimum atomic E-state index is -3.64. The Labute approximate surface area is 130 Å². The fourth-order valence-electron chi connectivity index (χ4n) is 1.80. The molecule has 19 heavy (non-hydrogen) atoms. The van der Waals surface area contributed by atoms with E-state index in [0.29, 0.717) is 16.1 Å². The molecular weight excluding hydrogens is 377 g/mol. The van der Waals surface area contributed by atoms with E-state index in [1.54, 1.807) is 0 Å². The third-order valence-corrected chi connectivity index (χ3v) is 5.89. The number of ether oxygens (including phenoxy) is 1. The van der Waals surface area contributed by atoms with Crippen LogP contribution in [0.4, 0.5) is 0 Å². The van der Waals surface area contributed by atoms with Crippen LogP contribution in [0.5, 0.6) is 0 Å². The summed E-state index contributed by atoms with van der Waals surface area (Å²) >= 11 is 14.8. The van der Waals surface area contributed by atoms with Crippen molar-refractivity contribution in [1.29, 1.82) is 0 Å². The normalized spacial score (nSPS) is 19.8. The molecule has 0 spiro atoms. The highest BCUT2D eigenvalue weighted by atomic mass is 79.9. The second kappa shape index (κ2) is 6.28. The van der Waals surface area contributed by atoms with E-state index in [1.165, 1.54) is 12.1 Å². The smallest absolute Gasteiger partial charge is 0.241 e. The maximum absolute atomic E-state index is 12.2. The highest BCUT2D eigenvalue weighted by Gasteiger charge is 2.22. The second-order valence-electron chi connectivity index (χ2n) is 4.18. The average Bonchev–Trinajstić information content (AvgIpc) is 2.84. The molecule has 0 saturated carbocycles. The molecule has 1 heterocycles. The molecular formula is C11H12BrCl2NO3S. The summed E-state index contributed by atoms with van der Waals surface area (Å²) in [6.07, 6.45) is 1.77. The Balaban J connectivity index is 2.16. The van der Waals surface area contributed by atoms with Crippen molar-refractivity contribution in [2.75, 3.05) is 13.2 Å². The van der Waals surface area contributed by atoms with Gasteiger partial charge in [-0.05, 0) is 40.9 Å². The lowest BCUT2D eigenvalue weighted by atomic mass is 10.2. The predicted molar refractivity (Wildman–Crippen MR) is 78.3 cm³/mol. The zero-order valence-corrected chi connectivity index (χ0v) is 13.7. The summed E-state index contributed by atoms with van der Waals surface area (Å²) in [4.78, 5) is 0.0693. The summed E-state index contributed by atoms with van der Waals surface area (Å²) in [5, 5.41) is 0.494. The molecule has 1 aliphatic heterocycles. The largest absolute Gasteiger partial charge is 0.377 e. The molecule has 8 heteroatoms. The van der Waals surface area contributed by atoms with Crippen molar-refractivity contribution >= 4 is 49.2 Å². The summed E-state index contributed by atoms with van der Waals surface area (Å²) in [6, 6.07) is 2.79. The van der Waals surface area contributed by atoms with E-state index in [9.17, 15) is 8.42 Å². The Morgan fingerprint density at radius 1 is 1.37 bits per heavy atom. The molecule has 1 aromatic carbocycles. The van der Waals surface area contributed by atoms with Crippen LogP contribution in [0.25, 0.3) is 0 Å². The van der Waals surface area contributed by atoms with Crippen LogP contribution in [0.15, 0.2) is 21.5 Å². The molecule has 1 fully saturated rings. The van der Waals surface area contributed by atoms with E-state index in [4.69, 9.17) is 27.9 Å². The summed E-state index contributed by atoms with van der Waals surface area (Å²) < 4.78 is 32.6. The first-order valence-corrected chi connectivity index (χ1v) is 8.69. The Bertz CT molecular complexity index is 574. The molecule has 1 aliphatic rings. The van der Waals surface area contributed by atoms with E-state index >= 15 is 0 Å². The number of benzene rings is 1. The Kier molecular flexibility index (Phi) is 5.14. The second-order valence-corrected chi connectivity index (χ2v) is 7.59. The number of hydrogen-bond acceptors (Lipinski definition) is 3. The van der Waals surface area contributed by atoms with Gasteiger partial charge >= 0.3 is 0 Å². The quantitative estimate of drug-likeness (QED) is 0.805. The molecule has 1 aromatic rings. The molecule has 0 aromatic heterocycles. The van der Waals surface area contributed by atoms with Crippen molar-refractivity contribution in [2.24, 2.45) is 0 Å². The van der Waals surface area contributed by atoms with Gasteiger partial charge in [0.15, 0.2) is 0 Å². The van der Waals surface area contributed by atoms with Crippen molar-refractivity contribution in [3.63, 3.8) is 0 Å². The monoisotopic (exact) mass is 387 g/mol. The lowest BCUT2D eigenvalue weighted by Gasteiger charge is -2.13. The minimum Gasteiger partial charge on any atom is -0.377 e. The number of rotatable bonds is 4. The molecule has 106 valence electrons. The van der Waals surface area contributed by atoms with Gasteiger partial charge in [0.25, 0.3) is 0 Å². The van der Waals surface area contributed by atoms with Crippen LogP contribution < -0.4 is 4.72 Å². The van der Waals surface area contributed by atoms with Crippen LogP contribution in [-0.4, -0.2) is 27.7 Å². The summed E-state index contributed by atoms with van der Waals surface area (Å²) in [5.74, 6) is 0. The first-order chi connectivity index (χ1) is 8.90. The van der Waals surface area contributed by atoms with Crippen molar-refractivity contribution < 1.29 is 13.2 Å². The van der Waals surface area contributed by atoms with Crippen LogP contribution in [0, 0.1) is 0 Å². The summed E-state index contributed by atoms with van der Waals surface area (Å²) in [7, 11) is -3.64. The molecule has 1 saturated heterocycles. The molecule has 1 atom stereocenters. The van der Waals surface area contributed by atoms with Gasteiger partial charge in [-0.1, -0.05) is 23.2 Å². The Morgan fingerprint density at radius 3 is 2.68 bits per heavy atom. The highest BCUT2D eigenvalue weighted by molar-refractivity contribution is 9.10. The molecule has 0 aliphatic carbocycles. The van der Waals surface area contributed by atoms with Crippen LogP contribution in [0.3, 0.4) is 0 Å². The zero-order chi connectivity index (χ0) is 14.0. The molecule has 1 N–H and O–H groups in total. The van der Waals surface area contributed by atoms with Crippen molar-refractivity contribution in [1.82, 2.24) is 4.72 Å². The standard InChI is InChI=1S/C11H12BrCl2NO3S/c12-8-4-9(13)10(14)5-11(8)19(16,17)15-6-7-2-1-3-18-7/h4-5,7,15H,1-3,6H2/t7-/m0/s1. The van der Waals surface area contributed by atoms with Crippen molar-refractivity contribution in [2.45, 2.75) is 23.8 Å². The highest BCUT2D eigenvalue weighted by Crippen LogP contribution is 2.31. The van der Waals surface area contributed by atoms with Crippen LogP contribution in [0.1, 0.15) is 12.8 Å². The zero-order valence-electron chi connectivity index (χ0n) is 9.83. The number of sulfonamides is 1. The molecule has 4 nitrogen and oxygen atoms in total. The maximum atomic E-state index is 12.2. The number of nitrogens with one attached hydrogen (secondary N) is 1. The van der Waals surface area contributed by atoms with E-state index in [1.807, 2.05) is 0 Å². The summed E-state index contributed by atoms with van der Waals surface area (Å²) in [6.45, 7) is 0.942. The van der Waals surface area contributed by atoms with E-state index in [0.717, 1.165) is 12.8 Å². The fourth-order valence-corrected chi connectivity index (χ4v) is 4.45. The average molecular weight is 389 g/mol. The van der Waals surface area contributed by atoms with Gasteiger partial charge in [-0.25, -0.2) is 13.1 Å². The molecule has 2 rings (SSSR count). The van der Waals surface area contributed by atoms with Gasteiger partial charge in [-0.2, -0.15) is 0 Å². The SMILES string of the molecule is O=S(=O)(NC[C@@H]1CCCO1)c1cc(Cl)c(Cl)cc1Br. The maximum Gasteiger partial charge on any atom is 0.241 e. The van der Waals surface area contributed by atoms with E-state index < -0.39 is 10.0 Å². The third kappa shape index (κ3) is 3.83. The lowest BCUT2D eigenvalue weighted by Crippen LogP contribution is -2.32. The Morgan fingerprint density at radius 2 is 2.05 bits per heavy atom. The van der Waals surface area contributed by atoms with Gasteiger partial charge in [-0.15, -0.1) is 0 Å². The van der Waals surface area contributed by atoms with Crippen LogP contribution >= 0.6 is 39.1 Å². The lowest BCUT2D eigenvalue weighted by molar-refractivity contribution is 0.114. The van der Waals surface area contributed by atoms with Gasteiger partial charge < -0.3 is 4.74 Å². The predicted octanol–water partition coefficient (Wildman–Crippen LogP) is 3.21. The van der Waals surface area contributed by atoms with Crippen LogP contribution in [0.2, 0.25) is 10.0 Å². The van der Waals surface area contributed by atoms with Gasteiger partial charge in [0.1, 0.15) is 0 Å². The van der Waals surface area contributed by atoms with Crippen molar-refractivity contribution in [3.8, 4) is 0 Å². The molecule has 0 amide bonds. The fraction of sp³-hybridized carbons (Fsp3) is 0.455. The van der Waals surface area contributed by atoms with E-state index in [-0.39, 0.29) is 22.6 Å². The Hall–Kier alpha value is 0.150. The summed E-state index contributed by atoms with van der Waals surface area (Å²) in [5.41, 5.74) is 0. The van der Waals surface area contributed by atoms with Gasteiger partial charge in [0.2, 0.25) is 10.0 Å². The van der Waals surface area contributed by atoms with Gasteiger partial charge in [0, 0.05) is 17.6 Å². The number of hydrogen-bond donors (Lipinski definition) is 1. The molecule has 0 unspecified atom stereocenters. The van der Waals surface area contributed by atoms with Gasteiger partial charge in [0.05, 0.1) is 21.0 Å². The van der Waals surface area contributed by atoms with Gasteiger partial charge in [-0.3, -0.25) is 0 Å².